The molecule has 6 nitrogen and oxygen atoms in total. The molecule has 7 heteroatoms. The minimum Gasteiger partial charge on any atom is -0.493 e. The predicted molar refractivity (Wildman–Crippen MR) is 136 cm³/mol. The maximum atomic E-state index is 12.9. The highest BCUT2D eigenvalue weighted by Gasteiger charge is 2.28. The molecule has 1 heterocycles. The fourth-order valence-corrected chi connectivity index (χ4v) is 4.29. The Labute approximate surface area is 210 Å². The number of halogens is 1. The van der Waals surface area contributed by atoms with Crippen LogP contribution in [0.15, 0.2) is 72.8 Å². The van der Waals surface area contributed by atoms with E-state index in [0.29, 0.717) is 48.3 Å². The fourth-order valence-electron chi connectivity index (χ4n) is 4.16. The van der Waals surface area contributed by atoms with Crippen molar-refractivity contribution in [1.82, 2.24) is 10.2 Å². The number of amides is 2. The van der Waals surface area contributed by atoms with Crippen LogP contribution in [0.1, 0.15) is 34.3 Å². The Morgan fingerprint density at radius 3 is 2.51 bits per heavy atom. The van der Waals surface area contributed by atoms with Crippen LogP contribution < -0.4 is 14.8 Å². The van der Waals surface area contributed by atoms with E-state index in [2.05, 4.69) is 5.32 Å². The van der Waals surface area contributed by atoms with Gasteiger partial charge in [-0.3, -0.25) is 9.59 Å². The van der Waals surface area contributed by atoms with Crippen LogP contribution in [0, 0.1) is 5.92 Å². The van der Waals surface area contributed by atoms with Crippen LogP contribution in [0.4, 0.5) is 0 Å². The average Bonchev–Trinajstić information content (AvgIpc) is 2.91. The number of carbonyl (C=O) groups excluding carboxylic acids is 2. The van der Waals surface area contributed by atoms with E-state index < -0.39 is 0 Å². The minimum absolute atomic E-state index is 0.0537. The molecule has 0 aliphatic carbocycles. The van der Waals surface area contributed by atoms with Crippen LogP contribution in [0.3, 0.4) is 0 Å². The molecule has 1 unspecified atom stereocenters. The SMILES string of the molecule is COc1cc(CNC(=O)C2CCCN(C(=O)c3ccc(Cl)cc3)C2)ccc1OCc1ccccc1. The number of ether oxygens (including phenoxy) is 2. The first kappa shape index (κ1) is 24.6. The normalized spacial score (nSPS) is 15.4. The molecular weight excluding hydrogens is 464 g/mol. The smallest absolute Gasteiger partial charge is 0.253 e. The minimum atomic E-state index is -0.240. The monoisotopic (exact) mass is 492 g/mol. The maximum Gasteiger partial charge on any atom is 0.253 e. The van der Waals surface area contributed by atoms with Crippen molar-refractivity contribution in [3.63, 3.8) is 0 Å². The van der Waals surface area contributed by atoms with Crippen LogP contribution in [0.25, 0.3) is 0 Å². The third kappa shape index (κ3) is 6.55. The Hall–Kier alpha value is -3.51. The van der Waals surface area contributed by atoms with Gasteiger partial charge in [-0.15, -0.1) is 0 Å². The largest absolute Gasteiger partial charge is 0.493 e. The summed E-state index contributed by atoms with van der Waals surface area (Å²) < 4.78 is 11.4. The first-order valence-electron chi connectivity index (χ1n) is 11.7. The Bertz CT molecular complexity index is 1150. The van der Waals surface area contributed by atoms with Crippen molar-refractivity contribution in [3.05, 3.63) is 94.5 Å². The second kappa shape index (κ2) is 11.8. The molecule has 1 aliphatic rings. The van der Waals surface area contributed by atoms with Crippen molar-refractivity contribution < 1.29 is 19.1 Å². The van der Waals surface area contributed by atoms with E-state index in [9.17, 15) is 9.59 Å². The first-order valence-corrected chi connectivity index (χ1v) is 12.1. The fraction of sp³-hybridized carbons (Fsp3) is 0.286. The average molecular weight is 493 g/mol. The van der Waals surface area contributed by atoms with E-state index in [-0.39, 0.29) is 17.7 Å². The van der Waals surface area contributed by atoms with Gasteiger partial charge in [0.1, 0.15) is 6.61 Å². The summed E-state index contributed by atoms with van der Waals surface area (Å²) in [5, 5.41) is 3.60. The number of likely N-dealkylation sites (tertiary alicyclic amines) is 1. The van der Waals surface area contributed by atoms with E-state index in [4.69, 9.17) is 21.1 Å². The van der Waals surface area contributed by atoms with E-state index in [0.717, 1.165) is 24.0 Å². The lowest BCUT2D eigenvalue weighted by Gasteiger charge is -2.32. The van der Waals surface area contributed by atoms with Gasteiger partial charge in [0, 0.05) is 30.2 Å². The van der Waals surface area contributed by atoms with Crippen molar-refractivity contribution in [3.8, 4) is 11.5 Å². The Kier molecular flexibility index (Phi) is 8.27. The van der Waals surface area contributed by atoms with Gasteiger partial charge in [-0.1, -0.05) is 48.0 Å². The number of nitrogens with zero attached hydrogens (tertiary/aromatic N) is 1. The summed E-state index contributed by atoms with van der Waals surface area (Å²) in [4.78, 5) is 27.5. The van der Waals surface area contributed by atoms with Crippen molar-refractivity contribution in [2.45, 2.75) is 26.0 Å². The summed E-state index contributed by atoms with van der Waals surface area (Å²) in [6.07, 6.45) is 1.55. The standard InChI is InChI=1S/C28H29ClN2O4/c1-34-26-16-21(9-14-25(26)35-19-20-6-3-2-4-7-20)17-30-27(32)23-8-5-15-31(18-23)28(33)22-10-12-24(29)13-11-22/h2-4,6-7,9-14,16,23H,5,8,15,17-19H2,1H3,(H,30,32). The highest BCUT2D eigenvalue weighted by atomic mass is 35.5. The third-order valence-corrected chi connectivity index (χ3v) is 6.35. The molecule has 0 bridgehead atoms. The molecule has 4 rings (SSSR count). The van der Waals surface area contributed by atoms with Crippen LogP contribution >= 0.6 is 11.6 Å². The van der Waals surface area contributed by atoms with Crippen LogP contribution in [0.5, 0.6) is 11.5 Å². The van der Waals surface area contributed by atoms with Crippen molar-refractivity contribution in [1.29, 1.82) is 0 Å². The number of nitrogens with one attached hydrogen (secondary N) is 1. The quantitative estimate of drug-likeness (QED) is 0.475. The highest BCUT2D eigenvalue weighted by Crippen LogP contribution is 2.29. The zero-order valence-electron chi connectivity index (χ0n) is 19.7. The molecular formula is C28H29ClN2O4. The molecule has 1 N–H and O–H groups in total. The summed E-state index contributed by atoms with van der Waals surface area (Å²) in [5.41, 5.74) is 2.56. The topological polar surface area (TPSA) is 67.9 Å². The zero-order chi connectivity index (χ0) is 24.6. The number of piperidine rings is 1. The lowest BCUT2D eigenvalue weighted by Crippen LogP contribution is -2.45. The van der Waals surface area contributed by atoms with Gasteiger partial charge in [-0.25, -0.2) is 0 Å². The molecule has 0 spiro atoms. The van der Waals surface area contributed by atoms with E-state index in [1.165, 1.54) is 0 Å². The predicted octanol–water partition coefficient (Wildman–Crippen LogP) is 5.10. The van der Waals surface area contributed by atoms with Gasteiger partial charge in [0.05, 0.1) is 13.0 Å². The molecule has 0 radical (unpaired) electrons. The molecule has 0 aromatic heterocycles. The van der Waals surface area contributed by atoms with Gasteiger partial charge in [0.15, 0.2) is 11.5 Å². The number of carbonyl (C=O) groups is 2. The third-order valence-electron chi connectivity index (χ3n) is 6.10. The van der Waals surface area contributed by atoms with Crippen molar-refractivity contribution >= 4 is 23.4 Å². The van der Waals surface area contributed by atoms with Crippen LogP contribution in [0.2, 0.25) is 5.02 Å². The molecule has 1 saturated heterocycles. The zero-order valence-corrected chi connectivity index (χ0v) is 20.5. The Balaban J connectivity index is 1.31. The Morgan fingerprint density at radius 1 is 1.00 bits per heavy atom. The first-order chi connectivity index (χ1) is 17.0. The summed E-state index contributed by atoms with van der Waals surface area (Å²) in [6.45, 7) is 1.87. The number of benzene rings is 3. The summed E-state index contributed by atoms with van der Waals surface area (Å²) >= 11 is 5.93. The number of hydrogen-bond donors (Lipinski definition) is 1. The molecule has 3 aromatic rings. The molecule has 0 saturated carbocycles. The molecule has 2 amide bonds. The molecule has 3 aromatic carbocycles. The van der Waals surface area contributed by atoms with Crippen molar-refractivity contribution in [2.75, 3.05) is 20.2 Å². The summed E-state index contributed by atoms with van der Waals surface area (Å²) in [5.74, 6) is 0.896. The number of rotatable bonds is 8. The van der Waals surface area contributed by atoms with Gasteiger partial charge in [-0.2, -0.15) is 0 Å². The second-order valence-electron chi connectivity index (χ2n) is 8.57. The van der Waals surface area contributed by atoms with Gasteiger partial charge in [-0.05, 0) is 60.4 Å². The van der Waals surface area contributed by atoms with Gasteiger partial charge in [0.25, 0.3) is 5.91 Å². The lowest BCUT2D eigenvalue weighted by atomic mass is 9.96. The van der Waals surface area contributed by atoms with Gasteiger partial charge < -0.3 is 19.7 Å². The molecule has 1 aliphatic heterocycles. The molecule has 1 atom stereocenters. The molecule has 182 valence electrons. The van der Waals surface area contributed by atoms with Gasteiger partial charge in [0.2, 0.25) is 5.91 Å². The molecule has 35 heavy (non-hydrogen) atoms. The summed E-state index contributed by atoms with van der Waals surface area (Å²) in [6, 6.07) is 22.4. The number of hydrogen-bond acceptors (Lipinski definition) is 4. The van der Waals surface area contributed by atoms with E-state index in [1.807, 2.05) is 48.5 Å². The maximum absolute atomic E-state index is 12.9. The summed E-state index contributed by atoms with van der Waals surface area (Å²) in [7, 11) is 1.60. The Morgan fingerprint density at radius 2 is 1.77 bits per heavy atom. The second-order valence-corrected chi connectivity index (χ2v) is 9.01. The van der Waals surface area contributed by atoms with Gasteiger partial charge >= 0.3 is 0 Å². The number of methoxy groups -OCH3 is 1. The lowest BCUT2D eigenvalue weighted by molar-refractivity contribution is -0.126. The van der Waals surface area contributed by atoms with E-state index >= 15 is 0 Å². The van der Waals surface area contributed by atoms with Crippen molar-refractivity contribution in [2.24, 2.45) is 5.92 Å². The van der Waals surface area contributed by atoms with Crippen LogP contribution in [-0.2, 0) is 17.9 Å². The van der Waals surface area contributed by atoms with Crippen LogP contribution in [-0.4, -0.2) is 36.9 Å². The molecule has 1 fully saturated rings. The highest BCUT2D eigenvalue weighted by molar-refractivity contribution is 6.30. The van der Waals surface area contributed by atoms with E-state index in [1.54, 1.807) is 36.3 Å².